The van der Waals surface area contributed by atoms with Crippen LogP contribution in [0, 0.1) is 20.8 Å². The van der Waals surface area contributed by atoms with Crippen LogP contribution in [0.5, 0.6) is 0 Å². The van der Waals surface area contributed by atoms with Gasteiger partial charge in [-0.3, -0.25) is 9.78 Å². The summed E-state index contributed by atoms with van der Waals surface area (Å²) in [4.78, 5) is 18.0. The molecule has 0 unspecified atom stereocenters. The predicted octanol–water partition coefficient (Wildman–Crippen LogP) is 6.72. The molecule has 0 fully saturated rings. The number of ketones is 1. The standard InChI is InChI=1S/C27H23NO/c1-18-12-14-22(15-13-18)27-23-10-6-7-11-24(23)28-20(3)26(27)25(29)17-16-21-9-5-4-8-19(21)2/h4-17H,1-3H3/b17-16-. The Morgan fingerprint density at radius 3 is 2.28 bits per heavy atom. The van der Waals surface area contributed by atoms with Crippen molar-refractivity contribution in [2.75, 3.05) is 0 Å². The minimum absolute atomic E-state index is 0.0282. The summed E-state index contributed by atoms with van der Waals surface area (Å²) in [5.41, 5.74) is 7.68. The first-order valence-corrected chi connectivity index (χ1v) is 9.79. The van der Waals surface area contributed by atoms with Gasteiger partial charge in [0.2, 0.25) is 0 Å². The minimum atomic E-state index is -0.0282. The molecule has 0 amide bonds. The highest BCUT2D eigenvalue weighted by atomic mass is 16.1. The van der Waals surface area contributed by atoms with Crippen LogP contribution in [0.2, 0.25) is 0 Å². The number of hydrogen-bond acceptors (Lipinski definition) is 2. The van der Waals surface area contributed by atoms with Crippen LogP contribution in [-0.2, 0) is 0 Å². The maximum absolute atomic E-state index is 13.3. The second kappa shape index (κ2) is 7.84. The molecule has 29 heavy (non-hydrogen) atoms. The molecule has 2 nitrogen and oxygen atoms in total. The Balaban J connectivity index is 1.90. The number of benzene rings is 3. The van der Waals surface area contributed by atoms with Crippen LogP contribution in [0.25, 0.3) is 28.1 Å². The summed E-state index contributed by atoms with van der Waals surface area (Å²) >= 11 is 0. The molecule has 142 valence electrons. The van der Waals surface area contributed by atoms with Crippen molar-refractivity contribution in [1.82, 2.24) is 4.98 Å². The van der Waals surface area contributed by atoms with E-state index in [4.69, 9.17) is 4.98 Å². The van der Waals surface area contributed by atoms with Crippen LogP contribution in [0.4, 0.5) is 0 Å². The monoisotopic (exact) mass is 377 g/mol. The Morgan fingerprint density at radius 1 is 0.828 bits per heavy atom. The molecule has 4 aromatic rings. The zero-order valence-corrected chi connectivity index (χ0v) is 16.9. The number of carbonyl (C=O) groups is 1. The Bertz CT molecular complexity index is 1230. The lowest BCUT2D eigenvalue weighted by molar-refractivity contribution is 0.104. The van der Waals surface area contributed by atoms with Gasteiger partial charge in [0.15, 0.2) is 5.78 Å². The maximum atomic E-state index is 13.3. The van der Waals surface area contributed by atoms with Gasteiger partial charge in [-0.25, -0.2) is 0 Å². The molecule has 0 saturated carbocycles. The Morgan fingerprint density at radius 2 is 1.52 bits per heavy atom. The van der Waals surface area contributed by atoms with E-state index >= 15 is 0 Å². The highest BCUT2D eigenvalue weighted by molar-refractivity contribution is 6.16. The van der Waals surface area contributed by atoms with Crippen LogP contribution >= 0.6 is 0 Å². The van der Waals surface area contributed by atoms with E-state index in [1.807, 2.05) is 68.5 Å². The number of aromatic nitrogens is 1. The molecule has 0 aliphatic carbocycles. The molecular weight excluding hydrogens is 354 g/mol. The van der Waals surface area contributed by atoms with Crippen LogP contribution in [0.15, 0.2) is 78.9 Å². The summed E-state index contributed by atoms with van der Waals surface area (Å²) in [6.07, 6.45) is 3.56. The summed E-state index contributed by atoms with van der Waals surface area (Å²) in [5, 5.41) is 0.995. The zero-order valence-electron chi connectivity index (χ0n) is 16.9. The van der Waals surface area contributed by atoms with Gasteiger partial charge >= 0.3 is 0 Å². The van der Waals surface area contributed by atoms with Crippen LogP contribution in [0.3, 0.4) is 0 Å². The fraction of sp³-hybridized carbons (Fsp3) is 0.111. The van der Waals surface area contributed by atoms with Gasteiger partial charge in [-0.2, -0.15) is 0 Å². The van der Waals surface area contributed by atoms with Crippen molar-refractivity contribution in [3.63, 3.8) is 0 Å². The third-order valence-electron chi connectivity index (χ3n) is 5.26. The molecule has 0 saturated heterocycles. The number of pyridine rings is 1. The fourth-order valence-corrected chi connectivity index (χ4v) is 3.68. The molecule has 1 aromatic heterocycles. The van der Waals surface area contributed by atoms with E-state index in [1.165, 1.54) is 5.56 Å². The number of aryl methyl sites for hydroxylation is 3. The lowest BCUT2D eigenvalue weighted by atomic mass is 9.91. The summed E-state index contributed by atoms with van der Waals surface area (Å²) in [7, 11) is 0. The first-order valence-electron chi connectivity index (χ1n) is 9.79. The highest BCUT2D eigenvalue weighted by Gasteiger charge is 2.18. The van der Waals surface area contributed by atoms with Gasteiger partial charge in [0.1, 0.15) is 0 Å². The van der Waals surface area contributed by atoms with E-state index in [0.29, 0.717) is 5.56 Å². The smallest absolute Gasteiger partial charge is 0.188 e. The van der Waals surface area contributed by atoms with Gasteiger partial charge in [-0.05, 0) is 49.6 Å². The SMILES string of the molecule is Cc1ccc(-c2c(C(=O)/C=C\c3ccccc3C)c(C)nc3ccccc23)cc1. The van der Waals surface area contributed by atoms with E-state index in [1.54, 1.807) is 6.08 Å². The third kappa shape index (κ3) is 3.74. The van der Waals surface area contributed by atoms with Crippen molar-refractivity contribution in [3.05, 3.63) is 107 Å². The Labute approximate surface area is 171 Å². The number of fused-ring (bicyclic) bond motifs is 1. The van der Waals surface area contributed by atoms with Crippen molar-refractivity contribution in [1.29, 1.82) is 0 Å². The number of nitrogens with zero attached hydrogens (tertiary/aromatic N) is 1. The third-order valence-corrected chi connectivity index (χ3v) is 5.26. The molecule has 0 radical (unpaired) electrons. The first kappa shape index (κ1) is 18.8. The summed E-state index contributed by atoms with van der Waals surface area (Å²) in [6.45, 7) is 6.03. The van der Waals surface area contributed by atoms with Crippen molar-refractivity contribution in [2.24, 2.45) is 0 Å². The number of rotatable bonds is 4. The molecule has 4 rings (SSSR count). The zero-order chi connectivity index (χ0) is 20.4. The Kier molecular flexibility index (Phi) is 5.09. The molecule has 0 atom stereocenters. The predicted molar refractivity (Wildman–Crippen MR) is 121 cm³/mol. The van der Waals surface area contributed by atoms with Crippen molar-refractivity contribution >= 4 is 22.8 Å². The van der Waals surface area contributed by atoms with Gasteiger partial charge in [0, 0.05) is 16.6 Å². The van der Waals surface area contributed by atoms with E-state index in [2.05, 4.69) is 31.2 Å². The van der Waals surface area contributed by atoms with Crippen LogP contribution < -0.4 is 0 Å². The summed E-state index contributed by atoms with van der Waals surface area (Å²) in [6, 6.07) is 24.4. The van der Waals surface area contributed by atoms with Gasteiger partial charge in [0.05, 0.1) is 11.1 Å². The maximum Gasteiger partial charge on any atom is 0.188 e. The molecule has 0 aliphatic heterocycles. The average molecular weight is 377 g/mol. The lowest BCUT2D eigenvalue weighted by Gasteiger charge is -2.14. The molecule has 0 N–H and O–H groups in total. The largest absolute Gasteiger partial charge is 0.289 e. The number of para-hydroxylation sites is 1. The molecule has 0 aliphatic rings. The Hall–Kier alpha value is -3.52. The molecule has 3 aromatic carbocycles. The molecule has 1 heterocycles. The molecule has 0 bridgehead atoms. The van der Waals surface area contributed by atoms with E-state index in [-0.39, 0.29) is 5.78 Å². The number of carbonyl (C=O) groups excluding carboxylic acids is 1. The lowest BCUT2D eigenvalue weighted by Crippen LogP contribution is -2.05. The average Bonchev–Trinajstić information content (AvgIpc) is 2.72. The minimum Gasteiger partial charge on any atom is -0.289 e. The number of allylic oxidation sites excluding steroid dienone is 1. The molecule has 0 spiro atoms. The quantitative estimate of drug-likeness (QED) is 0.292. The van der Waals surface area contributed by atoms with E-state index in [0.717, 1.165) is 38.9 Å². The topological polar surface area (TPSA) is 30.0 Å². The molecular formula is C27H23NO. The van der Waals surface area contributed by atoms with Crippen molar-refractivity contribution in [3.8, 4) is 11.1 Å². The van der Waals surface area contributed by atoms with Gasteiger partial charge in [0.25, 0.3) is 0 Å². The second-order valence-electron chi connectivity index (χ2n) is 7.38. The van der Waals surface area contributed by atoms with Gasteiger partial charge in [-0.15, -0.1) is 0 Å². The second-order valence-corrected chi connectivity index (χ2v) is 7.38. The van der Waals surface area contributed by atoms with Gasteiger partial charge < -0.3 is 0 Å². The van der Waals surface area contributed by atoms with Crippen molar-refractivity contribution in [2.45, 2.75) is 20.8 Å². The van der Waals surface area contributed by atoms with Crippen LogP contribution in [0.1, 0.15) is 32.7 Å². The number of hydrogen-bond donors (Lipinski definition) is 0. The summed E-state index contributed by atoms with van der Waals surface area (Å²) in [5.74, 6) is -0.0282. The van der Waals surface area contributed by atoms with Crippen LogP contribution in [-0.4, -0.2) is 10.8 Å². The fourth-order valence-electron chi connectivity index (χ4n) is 3.68. The van der Waals surface area contributed by atoms with Gasteiger partial charge in [-0.1, -0.05) is 78.4 Å². The summed E-state index contributed by atoms with van der Waals surface area (Å²) < 4.78 is 0. The normalized spacial score (nSPS) is 11.3. The first-order chi connectivity index (χ1) is 14.0. The molecule has 2 heteroatoms. The van der Waals surface area contributed by atoms with E-state index in [9.17, 15) is 4.79 Å². The van der Waals surface area contributed by atoms with Crippen molar-refractivity contribution < 1.29 is 4.79 Å². The highest BCUT2D eigenvalue weighted by Crippen LogP contribution is 2.33. The van der Waals surface area contributed by atoms with E-state index < -0.39 is 0 Å².